The quantitative estimate of drug-likeness (QED) is 0.889. The van der Waals surface area contributed by atoms with Crippen LogP contribution in [0, 0.1) is 12.8 Å². The third kappa shape index (κ3) is 5.41. The summed E-state index contributed by atoms with van der Waals surface area (Å²) >= 11 is 0. The first-order chi connectivity index (χ1) is 11.3. The van der Waals surface area contributed by atoms with Crippen LogP contribution in [0.5, 0.6) is 5.75 Å². The number of likely N-dealkylation sites (tertiary alicyclic amines) is 1. The van der Waals surface area contributed by atoms with E-state index in [9.17, 15) is 9.90 Å². The summed E-state index contributed by atoms with van der Waals surface area (Å²) in [6.07, 6.45) is 1.74. The second-order valence-corrected chi connectivity index (χ2v) is 7.60. The molecule has 1 aromatic carbocycles. The normalized spacial score (nSPS) is 16.1. The Bertz CT molecular complexity index is 558. The molecule has 5 nitrogen and oxygen atoms in total. The number of aryl methyl sites for hydroxylation is 1. The Labute approximate surface area is 145 Å². The van der Waals surface area contributed by atoms with E-state index in [0.717, 1.165) is 29.7 Å². The number of piperidine rings is 1. The first kappa shape index (κ1) is 18.6. The van der Waals surface area contributed by atoms with Gasteiger partial charge in [0.1, 0.15) is 11.4 Å². The molecule has 2 amide bonds. The van der Waals surface area contributed by atoms with Gasteiger partial charge in [-0.15, -0.1) is 0 Å². The zero-order chi connectivity index (χ0) is 17.7. The van der Waals surface area contributed by atoms with Gasteiger partial charge in [0, 0.05) is 31.8 Å². The van der Waals surface area contributed by atoms with Gasteiger partial charge in [-0.2, -0.15) is 0 Å². The van der Waals surface area contributed by atoms with Gasteiger partial charge in [0.05, 0.1) is 0 Å². The van der Waals surface area contributed by atoms with Crippen molar-refractivity contribution in [1.29, 1.82) is 0 Å². The van der Waals surface area contributed by atoms with Gasteiger partial charge in [-0.3, -0.25) is 0 Å². The van der Waals surface area contributed by atoms with Gasteiger partial charge in [-0.05, 0) is 58.1 Å². The zero-order valence-corrected chi connectivity index (χ0v) is 15.3. The molecule has 0 radical (unpaired) electrons. The lowest BCUT2D eigenvalue weighted by atomic mass is 9.98. The molecule has 1 heterocycles. The number of hydrogen-bond acceptors (Lipinski definition) is 3. The molecule has 0 aromatic heterocycles. The first-order valence-corrected chi connectivity index (χ1v) is 8.70. The number of amides is 2. The molecule has 1 aliphatic heterocycles. The molecule has 2 rings (SSSR count). The maximum absolute atomic E-state index is 12.3. The average molecular weight is 334 g/mol. The Morgan fingerprint density at radius 1 is 1.33 bits per heavy atom. The number of urea groups is 1. The molecule has 1 aliphatic rings. The number of benzene rings is 1. The third-order valence-corrected chi connectivity index (χ3v) is 4.23. The first-order valence-electron chi connectivity index (χ1n) is 8.70. The molecular formula is C19H30N2O3. The number of nitrogens with one attached hydrogen (secondary N) is 1. The molecule has 0 bridgehead atoms. The lowest BCUT2D eigenvalue weighted by Crippen LogP contribution is -2.44. The van der Waals surface area contributed by atoms with Crippen LogP contribution in [0.1, 0.15) is 44.7 Å². The van der Waals surface area contributed by atoms with Crippen molar-refractivity contribution in [2.75, 3.05) is 19.7 Å². The monoisotopic (exact) mass is 334 g/mol. The van der Waals surface area contributed by atoms with E-state index < -0.39 is 0 Å². The molecule has 24 heavy (non-hydrogen) atoms. The summed E-state index contributed by atoms with van der Waals surface area (Å²) in [4.78, 5) is 14.2. The van der Waals surface area contributed by atoms with Crippen molar-refractivity contribution in [1.82, 2.24) is 10.2 Å². The summed E-state index contributed by atoms with van der Waals surface area (Å²) in [5.41, 5.74) is 1.84. The smallest absolute Gasteiger partial charge is 0.317 e. The lowest BCUT2D eigenvalue weighted by molar-refractivity contribution is 0.128. The largest absolute Gasteiger partial charge is 0.488 e. The highest BCUT2D eigenvalue weighted by Crippen LogP contribution is 2.25. The molecule has 2 N–H and O–H groups in total. The van der Waals surface area contributed by atoms with Crippen LogP contribution >= 0.6 is 0 Å². The minimum absolute atomic E-state index is 0.0475. The fourth-order valence-electron chi connectivity index (χ4n) is 2.83. The van der Waals surface area contributed by atoms with Crippen LogP contribution in [0.4, 0.5) is 4.79 Å². The minimum Gasteiger partial charge on any atom is -0.488 e. The molecule has 0 unspecified atom stereocenters. The van der Waals surface area contributed by atoms with E-state index in [1.807, 2.05) is 50.8 Å². The summed E-state index contributed by atoms with van der Waals surface area (Å²) in [5.74, 6) is 1.15. The van der Waals surface area contributed by atoms with E-state index in [-0.39, 0.29) is 18.2 Å². The summed E-state index contributed by atoms with van der Waals surface area (Å²) < 4.78 is 6.03. The number of carbonyl (C=O) groups excluding carboxylic acids is 1. The molecule has 1 fully saturated rings. The van der Waals surface area contributed by atoms with Crippen LogP contribution in [0.2, 0.25) is 0 Å². The van der Waals surface area contributed by atoms with E-state index in [4.69, 9.17) is 4.74 Å². The predicted octanol–water partition coefficient (Wildman–Crippen LogP) is 3.09. The van der Waals surface area contributed by atoms with Crippen molar-refractivity contribution in [3.8, 4) is 5.75 Å². The third-order valence-electron chi connectivity index (χ3n) is 4.23. The maximum atomic E-state index is 12.3. The topological polar surface area (TPSA) is 61.8 Å². The van der Waals surface area contributed by atoms with Crippen molar-refractivity contribution < 1.29 is 14.6 Å². The highest BCUT2D eigenvalue weighted by atomic mass is 16.5. The molecular weight excluding hydrogens is 304 g/mol. The Kier molecular flexibility index (Phi) is 6.10. The number of aliphatic hydroxyl groups is 1. The SMILES string of the molecule is Cc1ccc(CNC(=O)N2CCC(CO)CC2)c(OC(C)(C)C)c1. The molecule has 0 atom stereocenters. The molecule has 0 aliphatic carbocycles. The van der Waals surface area contributed by atoms with Crippen molar-refractivity contribution in [2.24, 2.45) is 5.92 Å². The van der Waals surface area contributed by atoms with Crippen molar-refractivity contribution in [3.05, 3.63) is 29.3 Å². The van der Waals surface area contributed by atoms with E-state index in [1.165, 1.54) is 0 Å². The Morgan fingerprint density at radius 2 is 2.00 bits per heavy atom. The second kappa shape index (κ2) is 7.88. The number of rotatable bonds is 4. The Morgan fingerprint density at radius 3 is 2.58 bits per heavy atom. The van der Waals surface area contributed by atoms with E-state index in [2.05, 4.69) is 5.32 Å². The van der Waals surface area contributed by atoms with Crippen LogP contribution in [0.25, 0.3) is 0 Å². The van der Waals surface area contributed by atoms with Gasteiger partial charge in [-0.25, -0.2) is 4.79 Å². The number of aliphatic hydroxyl groups excluding tert-OH is 1. The summed E-state index contributed by atoms with van der Waals surface area (Å²) in [6, 6.07) is 6.01. The van der Waals surface area contributed by atoms with Crippen LogP contribution < -0.4 is 10.1 Å². The number of nitrogens with zero attached hydrogens (tertiary/aromatic N) is 1. The number of hydrogen-bond donors (Lipinski definition) is 2. The minimum atomic E-state index is -0.279. The van der Waals surface area contributed by atoms with Crippen LogP contribution in [-0.4, -0.2) is 41.3 Å². The van der Waals surface area contributed by atoms with Crippen molar-refractivity contribution in [3.63, 3.8) is 0 Å². The van der Waals surface area contributed by atoms with Gasteiger partial charge in [0.25, 0.3) is 0 Å². The molecule has 0 spiro atoms. The van der Waals surface area contributed by atoms with Crippen molar-refractivity contribution in [2.45, 2.75) is 52.7 Å². The predicted molar refractivity (Wildman–Crippen MR) is 95.2 cm³/mol. The van der Waals surface area contributed by atoms with Gasteiger partial charge in [-0.1, -0.05) is 12.1 Å². The average Bonchev–Trinajstić information content (AvgIpc) is 2.52. The highest BCUT2D eigenvalue weighted by Gasteiger charge is 2.22. The second-order valence-electron chi connectivity index (χ2n) is 7.60. The summed E-state index contributed by atoms with van der Waals surface area (Å²) in [5, 5.41) is 12.2. The van der Waals surface area contributed by atoms with Gasteiger partial charge < -0.3 is 20.1 Å². The molecule has 1 aromatic rings. The van der Waals surface area contributed by atoms with E-state index in [0.29, 0.717) is 25.6 Å². The van der Waals surface area contributed by atoms with Crippen LogP contribution in [-0.2, 0) is 6.54 Å². The van der Waals surface area contributed by atoms with Crippen LogP contribution in [0.15, 0.2) is 18.2 Å². The van der Waals surface area contributed by atoms with Crippen LogP contribution in [0.3, 0.4) is 0 Å². The molecule has 1 saturated heterocycles. The standard InChI is InChI=1S/C19H30N2O3/c1-14-5-6-16(17(11-14)24-19(2,3)4)12-20-18(23)21-9-7-15(13-22)8-10-21/h5-6,11,15,22H,7-10,12-13H2,1-4H3,(H,20,23). The molecule has 0 saturated carbocycles. The van der Waals surface area contributed by atoms with Gasteiger partial charge >= 0.3 is 6.03 Å². The molecule has 5 heteroatoms. The summed E-state index contributed by atoms with van der Waals surface area (Å²) in [7, 11) is 0. The Balaban J connectivity index is 1.95. The maximum Gasteiger partial charge on any atom is 0.317 e. The summed E-state index contributed by atoms with van der Waals surface area (Å²) in [6.45, 7) is 10.2. The Hall–Kier alpha value is -1.75. The zero-order valence-electron chi connectivity index (χ0n) is 15.3. The number of ether oxygens (including phenoxy) is 1. The van der Waals surface area contributed by atoms with E-state index >= 15 is 0 Å². The lowest BCUT2D eigenvalue weighted by Gasteiger charge is -2.31. The van der Waals surface area contributed by atoms with E-state index in [1.54, 1.807) is 0 Å². The highest BCUT2D eigenvalue weighted by molar-refractivity contribution is 5.74. The number of carbonyl (C=O) groups is 1. The fraction of sp³-hybridized carbons (Fsp3) is 0.632. The van der Waals surface area contributed by atoms with Gasteiger partial charge in [0.15, 0.2) is 0 Å². The fourth-order valence-corrected chi connectivity index (χ4v) is 2.83. The van der Waals surface area contributed by atoms with Crippen molar-refractivity contribution >= 4 is 6.03 Å². The van der Waals surface area contributed by atoms with Gasteiger partial charge in [0.2, 0.25) is 0 Å². The molecule has 134 valence electrons.